The van der Waals surface area contributed by atoms with Crippen molar-refractivity contribution >= 4 is 32.4 Å². The summed E-state index contributed by atoms with van der Waals surface area (Å²) in [5.41, 5.74) is 1.36. The monoisotopic (exact) mass is 394 g/mol. The molecule has 0 bridgehead atoms. The van der Waals surface area contributed by atoms with E-state index in [2.05, 4.69) is 4.72 Å². The third-order valence-corrected chi connectivity index (χ3v) is 6.43. The van der Waals surface area contributed by atoms with Crippen LogP contribution in [-0.4, -0.2) is 32.3 Å². The summed E-state index contributed by atoms with van der Waals surface area (Å²) in [5, 5.41) is 1.87. The molecule has 0 radical (unpaired) electrons. The Morgan fingerprint density at radius 2 is 1.57 bits per heavy atom. The molecule has 3 aromatic rings. The Bertz CT molecular complexity index is 1100. The van der Waals surface area contributed by atoms with Crippen LogP contribution in [0.15, 0.2) is 71.6 Å². The molecule has 0 unspecified atom stereocenters. The number of hydrogen-bond donors (Lipinski definition) is 1. The number of fused-ring (bicyclic) bond motifs is 1. The van der Waals surface area contributed by atoms with Crippen LogP contribution in [0.5, 0.6) is 0 Å². The van der Waals surface area contributed by atoms with Crippen molar-refractivity contribution in [3.05, 3.63) is 72.3 Å². The number of benzene rings is 3. The lowest BCUT2D eigenvalue weighted by atomic mass is 10.1. The molecule has 4 rings (SSSR count). The lowest BCUT2D eigenvalue weighted by molar-refractivity contribution is -0.129. The highest BCUT2D eigenvalue weighted by molar-refractivity contribution is 7.92. The third-order valence-electron chi connectivity index (χ3n) is 5.05. The first-order valence-electron chi connectivity index (χ1n) is 9.40. The third kappa shape index (κ3) is 4.02. The molecule has 0 aliphatic carbocycles. The fraction of sp³-hybridized carbons (Fsp3) is 0.227. The van der Waals surface area contributed by atoms with Crippen LogP contribution in [0.1, 0.15) is 18.4 Å². The van der Waals surface area contributed by atoms with Gasteiger partial charge in [-0.25, -0.2) is 8.42 Å². The van der Waals surface area contributed by atoms with Gasteiger partial charge in [0.1, 0.15) is 0 Å². The number of likely N-dealkylation sites (tertiary alicyclic amines) is 1. The van der Waals surface area contributed by atoms with E-state index in [1.165, 1.54) is 0 Å². The Morgan fingerprint density at radius 3 is 2.29 bits per heavy atom. The topological polar surface area (TPSA) is 66.5 Å². The quantitative estimate of drug-likeness (QED) is 0.716. The Labute approximate surface area is 165 Å². The van der Waals surface area contributed by atoms with Gasteiger partial charge in [-0.05, 0) is 53.4 Å². The predicted octanol–water partition coefficient (Wildman–Crippen LogP) is 3.81. The molecular weight excluding hydrogens is 372 g/mol. The largest absolute Gasteiger partial charge is 0.342 e. The van der Waals surface area contributed by atoms with Gasteiger partial charge in [-0.1, -0.05) is 42.5 Å². The lowest BCUT2D eigenvalue weighted by Crippen LogP contribution is -2.29. The van der Waals surface area contributed by atoms with Gasteiger partial charge in [-0.2, -0.15) is 0 Å². The van der Waals surface area contributed by atoms with Crippen LogP contribution in [0.3, 0.4) is 0 Å². The van der Waals surface area contributed by atoms with E-state index in [4.69, 9.17) is 0 Å². The summed E-state index contributed by atoms with van der Waals surface area (Å²) < 4.78 is 28.0. The molecule has 3 aromatic carbocycles. The number of anilines is 1. The van der Waals surface area contributed by atoms with Gasteiger partial charge in [0.25, 0.3) is 10.0 Å². The summed E-state index contributed by atoms with van der Waals surface area (Å²) in [6.45, 7) is 1.67. The van der Waals surface area contributed by atoms with Crippen LogP contribution in [0.25, 0.3) is 10.8 Å². The highest BCUT2D eigenvalue weighted by Crippen LogP contribution is 2.22. The number of carbonyl (C=O) groups is 1. The van der Waals surface area contributed by atoms with E-state index in [-0.39, 0.29) is 10.8 Å². The smallest absolute Gasteiger partial charge is 0.261 e. The minimum atomic E-state index is -3.68. The molecule has 1 N–H and O–H groups in total. The summed E-state index contributed by atoms with van der Waals surface area (Å²) in [6, 6.07) is 19.7. The minimum absolute atomic E-state index is 0.127. The number of nitrogens with zero attached hydrogens (tertiary/aromatic N) is 1. The van der Waals surface area contributed by atoms with Crippen molar-refractivity contribution < 1.29 is 13.2 Å². The van der Waals surface area contributed by atoms with E-state index >= 15 is 0 Å². The van der Waals surface area contributed by atoms with Crippen molar-refractivity contribution in [2.75, 3.05) is 17.8 Å². The second-order valence-electron chi connectivity index (χ2n) is 7.08. The number of sulfonamides is 1. The maximum absolute atomic E-state index is 12.7. The van der Waals surface area contributed by atoms with Gasteiger partial charge < -0.3 is 4.90 Å². The minimum Gasteiger partial charge on any atom is -0.342 e. The lowest BCUT2D eigenvalue weighted by Gasteiger charge is -2.15. The number of carbonyl (C=O) groups excluding carboxylic acids is 1. The first kappa shape index (κ1) is 18.5. The molecule has 1 saturated heterocycles. The van der Waals surface area contributed by atoms with E-state index < -0.39 is 10.0 Å². The van der Waals surface area contributed by atoms with Crippen molar-refractivity contribution in [3.8, 4) is 0 Å². The van der Waals surface area contributed by atoms with Crippen molar-refractivity contribution in [2.45, 2.75) is 24.2 Å². The number of nitrogens with one attached hydrogen (secondary N) is 1. The van der Waals surface area contributed by atoms with Crippen LogP contribution in [-0.2, 0) is 21.2 Å². The summed E-state index contributed by atoms with van der Waals surface area (Å²) in [6.07, 6.45) is 2.49. The first-order chi connectivity index (χ1) is 13.5. The zero-order chi connectivity index (χ0) is 19.6. The Kier molecular flexibility index (Phi) is 5.05. The maximum Gasteiger partial charge on any atom is 0.261 e. The number of hydrogen-bond acceptors (Lipinski definition) is 3. The van der Waals surface area contributed by atoms with Crippen LogP contribution < -0.4 is 4.72 Å². The fourth-order valence-corrected chi connectivity index (χ4v) is 4.59. The molecule has 0 aromatic heterocycles. The van der Waals surface area contributed by atoms with E-state index in [0.717, 1.165) is 42.3 Å². The van der Waals surface area contributed by atoms with Crippen molar-refractivity contribution in [3.63, 3.8) is 0 Å². The van der Waals surface area contributed by atoms with Gasteiger partial charge in [0.2, 0.25) is 5.91 Å². The summed E-state index contributed by atoms with van der Waals surface area (Å²) in [5.74, 6) is 0.127. The number of amides is 1. The molecule has 1 aliphatic rings. The van der Waals surface area contributed by atoms with Crippen LogP contribution in [0.4, 0.5) is 5.69 Å². The maximum atomic E-state index is 12.7. The first-order valence-corrected chi connectivity index (χ1v) is 10.9. The standard InChI is InChI=1S/C22H22N2O3S/c25-22(24-13-3-4-14-24)15-17-7-10-20(11-8-17)23-28(26,27)21-12-9-18-5-1-2-6-19(18)16-21/h1-2,5-12,16,23H,3-4,13-15H2. The molecule has 5 nitrogen and oxygen atoms in total. The normalized spacial score (nSPS) is 14.4. The molecule has 1 amide bonds. The molecular formula is C22H22N2O3S. The van der Waals surface area contributed by atoms with E-state index in [0.29, 0.717) is 12.1 Å². The molecule has 28 heavy (non-hydrogen) atoms. The van der Waals surface area contributed by atoms with Gasteiger partial charge >= 0.3 is 0 Å². The fourth-order valence-electron chi connectivity index (χ4n) is 3.49. The van der Waals surface area contributed by atoms with Crippen molar-refractivity contribution in [1.29, 1.82) is 0 Å². The van der Waals surface area contributed by atoms with Gasteiger partial charge in [0.15, 0.2) is 0 Å². The Balaban J connectivity index is 1.47. The average molecular weight is 394 g/mol. The molecule has 0 saturated carbocycles. The molecule has 0 spiro atoms. The molecule has 6 heteroatoms. The highest BCUT2D eigenvalue weighted by atomic mass is 32.2. The predicted molar refractivity (Wildman–Crippen MR) is 111 cm³/mol. The van der Waals surface area contributed by atoms with Crippen molar-refractivity contribution in [2.24, 2.45) is 0 Å². The average Bonchev–Trinajstić information content (AvgIpc) is 3.24. The van der Waals surface area contributed by atoms with Gasteiger partial charge in [0, 0.05) is 18.8 Å². The zero-order valence-corrected chi connectivity index (χ0v) is 16.3. The zero-order valence-electron chi connectivity index (χ0n) is 15.5. The second kappa shape index (κ2) is 7.64. The summed E-state index contributed by atoms with van der Waals surface area (Å²) in [4.78, 5) is 14.3. The molecule has 1 heterocycles. The van der Waals surface area contributed by atoms with Crippen molar-refractivity contribution in [1.82, 2.24) is 4.90 Å². The molecule has 1 fully saturated rings. The summed E-state index contributed by atoms with van der Waals surface area (Å²) in [7, 11) is -3.68. The SMILES string of the molecule is O=C(Cc1ccc(NS(=O)(=O)c2ccc3ccccc3c2)cc1)N1CCCC1. The number of rotatable bonds is 5. The van der Waals surface area contributed by atoms with Gasteiger partial charge in [-0.3, -0.25) is 9.52 Å². The van der Waals surface area contributed by atoms with E-state index in [9.17, 15) is 13.2 Å². The van der Waals surface area contributed by atoms with Crippen LogP contribution >= 0.6 is 0 Å². The van der Waals surface area contributed by atoms with E-state index in [1.807, 2.05) is 29.2 Å². The van der Waals surface area contributed by atoms with Crippen LogP contribution in [0.2, 0.25) is 0 Å². The molecule has 144 valence electrons. The van der Waals surface area contributed by atoms with E-state index in [1.54, 1.807) is 42.5 Å². The summed E-state index contributed by atoms with van der Waals surface area (Å²) >= 11 is 0. The molecule has 1 aliphatic heterocycles. The highest BCUT2D eigenvalue weighted by Gasteiger charge is 2.18. The second-order valence-corrected chi connectivity index (χ2v) is 8.76. The Hall–Kier alpha value is -2.86. The Morgan fingerprint density at radius 1 is 0.893 bits per heavy atom. The van der Waals surface area contributed by atoms with Gasteiger partial charge in [0.05, 0.1) is 11.3 Å². The molecule has 0 atom stereocenters. The van der Waals surface area contributed by atoms with Crippen LogP contribution in [0, 0.1) is 0 Å². The van der Waals surface area contributed by atoms with Gasteiger partial charge in [-0.15, -0.1) is 0 Å².